The van der Waals surface area contributed by atoms with Crippen LogP contribution in [0.4, 0.5) is 0 Å². The number of nitrogens with two attached hydrogens (primary N) is 1. The van der Waals surface area contributed by atoms with Crippen LogP contribution >= 0.6 is 0 Å². The van der Waals surface area contributed by atoms with Crippen molar-refractivity contribution in [1.29, 1.82) is 0 Å². The Labute approximate surface area is 75.9 Å². The lowest BCUT2D eigenvalue weighted by Crippen LogP contribution is -2.23. The third-order valence-corrected chi connectivity index (χ3v) is 2.71. The molecule has 2 heteroatoms. The summed E-state index contributed by atoms with van der Waals surface area (Å²) in [6.45, 7) is 5.60. The number of rotatable bonds is 7. The predicted molar refractivity (Wildman–Crippen MR) is 53.1 cm³/mol. The van der Waals surface area contributed by atoms with Crippen molar-refractivity contribution < 1.29 is 0 Å². The molecule has 1 rings (SSSR count). The van der Waals surface area contributed by atoms with Crippen molar-refractivity contribution in [3.8, 4) is 0 Å². The van der Waals surface area contributed by atoms with Gasteiger partial charge in [0.05, 0.1) is 0 Å². The largest absolute Gasteiger partial charge is 0.330 e. The Balaban J connectivity index is 1.77. The Bertz CT molecular complexity index is 119. The molecular formula is C10H22N2. The molecule has 0 spiro atoms. The van der Waals surface area contributed by atoms with Crippen molar-refractivity contribution in [3.05, 3.63) is 0 Å². The van der Waals surface area contributed by atoms with E-state index < -0.39 is 0 Å². The van der Waals surface area contributed by atoms with E-state index in [0.717, 1.165) is 6.54 Å². The van der Waals surface area contributed by atoms with Gasteiger partial charge in [-0.2, -0.15) is 0 Å². The summed E-state index contributed by atoms with van der Waals surface area (Å²) in [6, 6.07) is 0. The molecule has 3 N–H and O–H groups in total. The fourth-order valence-corrected chi connectivity index (χ4v) is 1.35. The van der Waals surface area contributed by atoms with Crippen LogP contribution in [0.25, 0.3) is 0 Å². The molecule has 0 aromatic rings. The van der Waals surface area contributed by atoms with Gasteiger partial charge >= 0.3 is 0 Å². The molecule has 0 aromatic carbocycles. The fourth-order valence-electron chi connectivity index (χ4n) is 1.35. The molecule has 1 saturated carbocycles. The molecular weight excluding hydrogens is 148 g/mol. The summed E-state index contributed by atoms with van der Waals surface area (Å²) in [6.07, 6.45) is 6.58. The first kappa shape index (κ1) is 10.0. The zero-order chi connectivity index (χ0) is 8.86. The highest BCUT2D eigenvalue weighted by Crippen LogP contribution is 2.43. The topological polar surface area (TPSA) is 38.0 Å². The van der Waals surface area contributed by atoms with E-state index in [1.54, 1.807) is 0 Å². The summed E-state index contributed by atoms with van der Waals surface area (Å²) in [5.74, 6) is 0. The van der Waals surface area contributed by atoms with Crippen LogP contribution in [-0.4, -0.2) is 19.6 Å². The summed E-state index contributed by atoms with van der Waals surface area (Å²) in [7, 11) is 0. The number of nitrogens with one attached hydrogen (secondary N) is 1. The molecule has 2 nitrogen and oxygen atoms in total. The molecule has 0 aromatic heterocycles. The highest BCUT2D eigenvalue weighted by molar-refractivity contribution is 4.90. The van der Waals surface area contributed by atoms with Crippen molar-refractivity contribution in [1.82, 2.24) is 5.32 Å². The molecule has 0 saturated heterocycles. The highest BCUT2D eigenvalue weighted by atomic mass is 14.9. The predicted octanol–water partition coefficient (Wildman–Crippen LogP) is 1.51. The van der Waals surface area contributed by atoms with Crippen LogP contribution in [0.15, 0.2) is 0 Å². The van der Waals surface area contributed by atoms with Gasteiger partial charge in [0.15, 0.2) is 0 Å². The lowest BCUT2D eigenvalue weighted by atomic mass is 10.1. The Hall–Kier alpha value is -0.0800. The van der Waals surface area contributed by atoms with Crippen molar-refractivity contribution in [2.24, 2.45) is 11.1 Å². The molecule has 0 atom stereocenters. The first-order valence-corrected chi connectivity index (χ1v) is 5.18. The number of hydrogen-bond donors (Lipinski definition) is 2. The minimum Gasteiger partial charge on any atom is -0.330 e. The second-order valence-electron chi connectivity index (χ2n) is 4.34. The summed E-state index contributed by atoms with van der Waals surface area (Å²) in [4.78, 5) is 0. The van der Waals surface area contributed by atoms with Crippen LogP contribution in [-0.2, 0) is 0 Å². The zero-order valence-electron chi connectivity index (χ0n) is 8.23. The molecule has 0 bridgehead atoms. The van der Waals surface area contributed by atoms with E-state index in [9.17, 15) is 0 Å². The lowest BCUT2D eigenvalue weighted by Gasteiger charge is -2.09. The normalized spacial score (nSPS) is 19.5. The van der Waals surface area contributed by atoms with E-state index in [1.807, 2.05) is 0 Å². The monoisotopic (exact) mass is 170 g/mol. The van der Waals surface area contributed by atoms with Gasteiger partial charge in [0.1, 0.15) is 0 Å². The van der Waals surface area contributed by atoms with E-state index in [-0.39, 0.29) is 0 Å². The first-order chi connectivity index (χ1) is 5.77. The Kier molecular flexibility index (Phi) is 4.02. The van der Waals surface area contributed by atoms with E-state index >= 15 is 0 Å². The highest BCUT2D eigenvalue weighted by Gasteiger charge is 2.36. The standard InChI is InChI=1S/C10H22N2/c1-10(5-6-10)9-12-8-4-2-3-7-11/h12H,2-9,11H2,1H3. The Morgan fingerprint density at radius 2 is 2.00 bits per heavy atom. The second kappa shape index (κ2) is 4.83. The number of hydrogen-bond acceptors (Lipinski definition) is 2. The maximum absolute atomic E-state index is 5.40. The van der Waals surface area contributed by atoms with Crippen LogP contribution < -0.4 is 11.1 Å². The van der Waals surface area contributed by atoms with Crippen molar-refractivity contribution in [2.75, 3.05) is 19.6 Å². The summed E-state index contributed by atoms with van der Waals surface area (Å²) in [5.41, 5.74) is 6.06. The summed E-state index contributed by atoms with van der Waals surface area (Å²) < 4.78 is 0. The van der Waals surface area contributed by atoms with Crippen LogP contribution in [0.2, 0.25) is 0 Å². The summed E-state index contributed by atoms with van der Waals surface area (Å²) in [5, 5.41) is 3.51. The van der Waals surface area contributed by atoms with Gasteiger partial charge in [-0.25, -0.2) is 0 Å². The molecule has 0 aliphatic heterocycles. The lowest BCUT2D eigenvalue weighted by molar-refractivity contribution is 0.488. The molecule has 0 unspecified atom stereocenters. The van der Waals surface area contributed by atoms with E-state index in [0.29, 0.717) is 5.41 Å². The molecule has 12 heavy (non-hydrogen) atoms. The van der Waals surface area contributed by atoms with Crippen LogP contribution in [0.5, 0.6) is 0 Å². The Morgan fingerprint density at radius 1 is 1.25 bits per heavy atom. The van der Waals surface area contributed by atoms with Crippen LogP contribution in [0, 0.1) is 5.41 Å². The smallest absolute Gasteiger partial charge is 0.000517 e. The number of unbranched alkanes of at least 4 members (excludes halogenated alkanes) is 2. The molecule has 1 aliphatic rings. The third kappa shape index (κ3) is 4.07. The molecule has 0 heterocycles. The van der Waals surface area contributed by atoms with Crippen molar-refractivity contribution >= 4 is 0 Å². The van der Waals surface area contributed by atoms with Gasteiger partial charge in [0.25, 0.3) is 0 Å². The average Bonchev–Trinajstić information content (AvgIpc) is 2.77. The van der Waals surface area contributed by atoms with Crippen molar-refractivity contribution in [3.63, 3.8) is 0 Å². The van der Waals surface area contributed by atoms with Crippen LogP contribution in [0.1, 0.15) is 39.0 Å². The first-order valence-electron chi connectivity index (χ1n) is 5.18. The maximum atomic E-state index is 5.40. The quantitative estimate of drug-likeness (QED) is 0.568. The van der Waals surface area contributed by atoms with E-state index in [4.69, 9.17) is 5.73 Å². The minimum absolute atomic E-state index is 0.661. The van der Waals surface area contributed by atoms with Crippen molar-refractivity contribution in [2.45, 2.75) is 39.0 Å². The van der Waals surface area contributed by atoms with Gasteiger partial charge in [0.2, 0.25) is 0 Å². The van der Waals surface area contributed by atoms with E-state index in [2.05, 4.69) is 12.2 Å². The average molecular weight is 170 g/mol. The fraction of sp³-hybridized carbons (Fsp3) is 1.00. The van der Waals surface area contributed by atoms with Gasteiger partial charge in [-0.15, -0.1) is 0 Å². The van der Waals surface area contributed by atoms with E-state index in [1.165, 1.54) is 45.2 Å². The molecule has 1 aliphatic carbocycles. The molecule has 0 radical (unpaired) electrons. The molecule has 0 amide bonds. The zero-order valence-corrected chi connectivity index (χ0v) is 8.23. The maximum Gasteiger partial charge on any atom is 0.000517 e. The van der Waals surface area contributed by atoms with Gasteiger partial charge in [-0.1, -0.05) is 13.3 Å². The van der Waals surface area contributed by atoms with Gasteiger partial charge in [-0.05, 0) is 44.2 Å². The SMILES string of the molecule is CC1(CNCCCCCN)CC1. The third-order valence-electron chi connectivity index (χ3n) is 2.71. The summed E-state index contributed by atoms with van der Waals surface area (Å²) >= 11 is 0. The van der Waals surface area contributed by atoms with Crippen LogP contribution in [0.3, 0.4) is 0 Å². The second-order valence-corrected chi connectivity index (χ2v) is 4.34. The Morgan fingerprint density at radius 3 is 2.58 bits per heavy atom. The molecule has 1 fully saturated rings. The minimum atomic E-state index is 0.661. The van der Waals surface area contributed by atoms with Gasteiger partial charge in [-0.3, -0.25) is 0 Å². The van der Waals surface area contributed by atoms with Gasteiger partial charge < -0.3 is 11.1 Å². The molecule has 72 valence electrons. The van der Waals surface area contributed by atoms with Gasteiger partial charge in [0, 0.05) is 6.54 Å².